The van der Waals surface area contributed by atoms with E-state index in [2.05, 4.69) is 32.0 Å². The Morgan fingerprint density at radius 3 is 1.43 bits per heavy atom. The second-order valence-corrected chi connectivity index (χ2v) is 6.87. The summed E-state index contributed by atoms with van der Waals surface area (Å²) in [5, 5.41) is 0. The van der Waals surface area contributed by atoms with Crippen LogP contribution in [-0.2, 0) is 0 Å². The van der Waals surface area contributed by atoms with Gasteiger partial charge in [-0.1, -0.05) is 38.5 Å². The van der Waals surface area contributed by atoms with Crippen LogP contribution in [0.3, 0.4) is 0 Å². The van der Waals surface area contributed by atoms with Gasteiger partial charge in [-0.25, -0.2) is 20.0 Å². The van der Waals surface area contributed by atoms with Crippen LogP contribution in [0.1, 0.15) is 83.5 Å². The van der Waals surface area contributed by atoms with Gasteiger partial charge in [-0.15, -0.1) is 0 Å². The lowest BCUT2D eigenvalue weighted by atomic mass is 9.96. The Morgan fingerprint density at radius 1 is 0.565 bits per heavy atom. The van der Waals surface area contributed by atoms with E-state index in [9.17, 15) is 0 Å². The molecule has 2 aliphatic carbocycles. The van der Waals surface area contributed by atoms with Gasteiger partial charge in [0.15, 0.2) is 0 Å². The SMILES string of the molecule is C(=NCCCCCN=C=NC1CCCCC1)=NC1CCCCC1. The van der Waals surface area contributed by atoms with Gasteiger partial charge in [-0.3, -0.25) is 0 Å². The first-order valence-electron chi connectivity index (χ1n) is 9.68. The molecule has 0 aromatic rings. The molecule has 2 aliphatic rings. The fourth-order valence-corrected chi connectivity index (χ4v) is 3.32. The van der Waals surface area contributed by atoms with Crippen LogP contribution in [0.2, 0.25) is 0 Å². The second-order valence-electron chi connectivity index (χ2n) is 6.87. The molecule has 0 N–H and O–H groups in total. The highest BCUT2D eigenvalue weighted by molar-refractivity contribution is 5.41. The monoisotopic (exact) mass is 316 g/mol. The zero-order chi connectivity index (χ0) is 16.0. The van der Waals surface area contributed by atoms with Crippen LogP contribution in [-0.4, -0.2) is 37.2 Å². The van der Waals surface area contributed by atoms with Gasteiger partial charge < -0.3 is 0 Å². The maximum atomic E-state index is 4.43. The fraction of sp³-hybridized carbons (Fsp3) is 0.895. The zero-order valence-corrected chi connectivity index (χ0v) is 14.6. The van der Waals surface area contributed by atoms with Crippen molar-refractivity contribution in [3.63, 3.8) is 0 Å². The van der Waals surface area contributed by atoms with Crippen LogP contribution in [0.15, 0.2) is 20.0 Å². The minimum Gasteiger partial charge on any atom is -0.226 e. The first-order chi connectivity index (χ1) is 11.4. The van der Waals surface area contributed by atoms with Crippen molar-refractivity contribution in [1.29, 1.82) is 0 Å². The van der Waals surface area contributed by atoms with E-state index < -0.39 is 0 Å². The smallest absolute Gasteiger partial charge is 0.0895 e. The highest BCUT2D eigenvalue weighted by Gasteiger charge is 2.11. The highest BCUT2D eigenvalue weighted by Crippen LogP contribution is 2.20. The molecule has 2 rings (SSSR count). The van der Waals surface area contributed by atoms with Gasteiger partial charge in [0.05, 0.1) is 24.1 Å². The second kappa shape index (κ2) is 12.2. The number of aliphatic imine (C=N–C) groups is 4. The Kier molecular flexibility index (Phi) is 9.62. The maximum absolute atomic E-state index is 4.43. The largest absolute Gasteiger partial charge is 0.226 e. The summed E-state index contributed by atoms with van der Waals surface area (Å²) in [6.45, 7) is 1.69. The normalized spacial score (nSPS) is 19.5. The molecule has 0 aliphatic heterocycles. The molecule has 128 valence electrons. The quantitative estimate of drug-likeness (QED) is 0.438. The average molecular weight is 316 g/mol. The van der Waals surface area contributed by atoms with E-state index >= 15 is 0 Å². The number of rotatable bonds is 8. The van der Waals surface area contributed by atoms with E-state index in [-0.39, 0.29) is 0 Å². The summed E-state index contributed by atoms with van der Waals surface area (Å²) in [6, 6.07) is 6.79. The standard InChI is InChI=1S/C19H32N4/c1-4-10-18(11-5-1)22-16-20-14-8-3-9-15-21-17-23-19-12-6-2-7-13-19/h18-19H,1-15H2. The molecular formula is C19H32N4. The maximum Gasteiger partial charge on any atom is 0.0895 e. The molecule has 0 spiro atoms. The van der Waals surface area contributed by atoms with Crippen molar-refractivity contribution in [2.24, 2.45) is 20.0 Å². The third-order valence-electron chi connectivity index (χ3n) is 4.81. The van der Waals surface area contributed by atoms with Gasteiger partial charge in [0.25, 0.3) is 0 Å². The number of hydrogen-bond donors (Lipinski definition) is 0. The molecule has 0 heterocycles. The van der Waals surface area contributed by atoms with E-state index in [0.29, 0.717) is 12.1 Å². The van der Waals surface area contributed by atoms with Crippen molar-refractivity contribution in [3.05, 3.63) is 0 Å². The third-order valence-corrected chi connectivity index (χ3v) is 4.81. The number of unbranched alkanes of at least 4 members (excludes halogenated alkanes) is 2. The van der Waals surface area contributed by atoms with Crippen molar-refractivity contribution in [1.82, 2.24) is 0 Å². The summed E-state index contributed by atoms with van der Waals surface area (Å²) in [5.41, 5.74) is 0. The Morgan fingerprint density at radius 2 is 1.00 bits per heavy atom. The average Bonchev–Trinajstić information content (AvgIpc) is 2.61. The molecule has 0 saturated heterocycles. The molecule has 0 aromatic heterocycles. The summed E-state index contributed by atoms with van der Waals surface area (Å²) < 4.78 is 0. The van der Waals surface area contributed by atoms with Gasteiger partial charge in [0.2, 0.25) is 0 Å². The van der Waals surface area contributed by atoms with Crippen LogP contribution in [0.25, 0.3) is 0 Å². The third kappa shape index (κ3) is 8.83. The summed E-state index contributed by atoms with van der Waals surface area (Å²) >= 11 is 0. The summed E-state index contributed by atoms with van der Waals surface area (Å²) in [7, 11) is 0. The first-order valence-corrected chi connectivity index (χ1v) is 9.68. The molecule has 0 amide bonds. The van der Waals surface area contributed by atoms with E-state index in [1.54, 1.807) is 0 Å². The molecule has 0 atom stereocenters. The predicted octanol–water partition coefficient (Wildman–Crippen LogP) is 5.17. The fourth-order valence-electron chi connectivity index (χ4n) is 3.32. The van der Waals surface area contributed by atoms with Crippen LogP contribution >= 0.6 is 0 Å². The Labute approximate surface area is 141 Å². The van der Waals surface area contributed by atoms with Gasteiger partial charge in [0, 0.05) is 13.1 Å². The molecule has 0 unspecified atom stereocenters. The Balaban J connectivity index is 1.45. The van der Waals surface area contributed by atoms with Crippen molar-refractivity contribution in [3.8, 4) is 0 Å². The zero-order valence-electron chi connectivity index (χ0n) is 14.6. The van der Waals surface area contributed by atoms with Crippen molar-refractivity contribution >= 4 is 12.0 Å². The lowest BCUT2D eigenvalue weighted by Crippen LogP contribution is -2.08. The van der Waals surface area contributed by atoms with Crippen LogP contribution in [0.5, 0.6) is 0 Å². The summed E-state index contributed by atoms with van der Waals surface area (Å²) in [5.74, 6) is 0. The number of hydrogen-bond acceptors (Lipinski definition) is 4. The van der Waals surface area contributed by atoms with E-state index in [0.717, 1.165) is 32.4 Å². The Bertz CT molecular complexity index is 379. The van der Waals surface area contributed by atoms with Crippen molar-refractivity contribution < 1.29 is 0 Å². The van der Waals surface area contributed by atoms with Gasteiger partial charge in [-0.2, -0.15) is 0 Å². The van der Waals surface area contributed by atoms with Crippen molar-refractivity contribution in [2.45, 2.75) is 95.6 Å². The van der Waals surface area contributed by atoms with Crippen molar-refractivity contribution in [2.75, 3.05) is 13.1 Å². The van der Waals surface area contributed by atoms with Gasteiger partial charge >= 0.3 is 0 Å². The summed E-state index contributed by atoms with van der Waals surface area (Å²) in [6.07, 6.45) is 16.3. The predicted molar refractivity (Wildman–Crippen MR) is 97.1 cm³/mol. The topological polar surface area (TPSA) is 49.4 Å². The lowest BCUT2D eigenvalue weighted by Gasteiger charge is -2.15. The molecule has 0 aromatic carbocycles. The minimum absolute atomic E-state index is 0.491. The van der Waals surface area contributed by atoms with Crippen LogP contribution in [0.4, 0.5) is 0 Å². The molecule has 4 nitrogen and oxygen atoms in total. The number of nitrogens with zero attached hydrogens (tertiary/aromatic N) is 4. The molecule has 23 heavy (non-hydrogen) atoms. The molecule has 0 bridgehead atoms. The highest BCUT2D eigenvalue weighted by atomic mass is 14.8. The van der Waals surface area contributed by atoms with E-state index in [1.807, 2.05) is 0 Å². The molecule has 4 heteroatoms. The van der Waals surface area contributed by atoms with Crippen LogP contribution < -0.4 is 0 Å². The Hall–Kier alpha value is -1.24. The van der Waals surface area contributed by atoms with Gasteiger partial charge in [-0.05, 0) is 44.9 Å². The molecular weight excluding hydrogens is 284 g/mol. The van der Waals surface area contributed by atoms with Gasteiger partial charge in [0.1, 0.15) is 0 Å². The van der Waals surface area contributed by atoms with E-state index in [4.69, 9.17) is 0 Å². The molecule has 2 fully saturated rings. The minimum atomic E-state index is 0.491. The molecule has 2 saturated carbocycles. The summed E-state index contributed by atoms with van der Waals surface area (Å²) in [4.78, 5) is 17.4. The van der Waals surface area contributed by atoms with Crippen LogP contribution in [0, 0.1) is 0 Å². The van der Waals surface area contributed by atoms with E-state index in [1.165, 1.54) is 64.2 Å². The first kappa shape index (κ1) is 18.1. The molecule has 0 radical (unpaired) electrons. The lowest BCUT2D eigenvalue weighted by molar-refractivity contribution is 0.444.